The molecular formula is C21H23N3O2. The molecule has 0 aliphatic heterocycles. The van der Waals surface area contributed by atoms with Gasteiger partial charge >= 0.3 is 0 Å². The van der Waals surface area contributed by atoms with Gasteiger partial charge in [-0.2, -0.15) is 0 Å². The third kappa shape index (κ3) is 4.96. The Morgan fingerprint density at radius 2 is 1.96 bits per heavy atom. The lowest BCUT2D eigenvalue weighted by Gasteiger charge is -2.11. The summed E-state index contributed by atoms with van der Waals surface area (Å²) >= 11 is 0. The number of carbonyl (C=O) groups is 1. The minimum absolute atomic E-state index is 0.0259. The third-order valence-corrected chi connectivity index (χ3v) is 4.09. The molecule has 0 atom stereocenters. The van der Waals surface area contributed by atoms with Gasteiger partial charge in [0, 0.05) is 25.4 Å². The Morgan fingerprint density at radius 1 is 1.15 bits per heavy atom. The number of para-hydroxylation sites is 1. The van der Waals surface area contributed by atoms with Crippen molar-refractivity contribution >= 4 is 5.91 Å². The van der Waals surface area contributed by atoms with Crippen LogP contribution in [0, 0.1) is 6.92 Å². The van der Waals surface area contributed by atoms with E-state index in [4.69, 9.17) is 4.74 Å². The molecule has 0 radical (unpaired) electrons. The van der Waals surface area contributed by atoms with Crippen LogP contribution >= 0.6 is 0 Å². The van der Waals surface area contributed by atoms with E-state index >= 15 is 0 Å². The molecule has 1 amide bonds. The lowest BCUT2D eigenvalue weighted by molar-refractivity contribution is -0.121. The lowest BCUT2D eigenvalue weighted by atomic mass is 10.1. The third-order valence-electron chi connectivity index (χ3n) is 4.09. The Balaban J connectivity index is 1.43. The van der Waals surface area contributed by atoms with Crippen LogP contribution in [0.15, 0.2) is 67.3 Å². The number of nitrogens with zero attached hydrogens (tertiary/aromatic N) is 2. The average Bonchev–Trinajstić information content (AvgIpc) is 3.20. The van der Waals surface area contributed by atoms with Gasteiger partial charge in [0.2, 0.25) is 5.91 Å². The molecular weight excluding hydrogens is 326 g/mol. The molecule has 0 aliphatic rings. The molecule has 0 spiro atoms. The van der Waals surface area contributed by atoms with Crippen LogP contribution in [0.2, 0.25) is 0 Å². The average molecular weight is 349 g/mol. The Kier molecular flexibility index (Phi) is 6.04. The quantitative estimate of drug-likeness (QED) is 0.632. The van der Waals surface area contributed by atoms with Gasteiger partial charge in [0.15, 0.2) is 0 Å². The van der Waals surface area contributed by atoms with Crippen molar-refractivity contribution in [2.75, 3.05) is 6.61 Å². The summed E-state index contributed by atoms with van der Waals surface area (Å²) in [5.74, 6) is 0.864. The Hall–Kier alpha value is -3.08. The normalized spacial score (nSPS) is 10.5. The molecule has 3 aromatic rings. The molecule has 1 aromatic heterocycles. The fraction of sp³-hybridized carbons (Fsp3) is 0.238. The first-order valence-corrected chi connectivity index (χ1v) is 8.75. The summed E-state index contributed by atoms with van der Waals surface area (Å²) in [6.45, 7) is 3.06. The van der Waals surface area contributed by atoms with Crippen molar-refractivity contribution in [2.45, 2.75) is 26.3 Å². The van der Waals surface area contributed by atoms with Crippen LogP contribution in [0.25, 0.3) is 5.69 Å². The van der Waals surface area contributed by atoms with E-state index in [-0.39, 0.29) is 5.91 Å². The molecule has 1 N–H and O–H groups in total. The Labute approximate surface area is 153 Å². The summed E-state index contributed by atoms with van der Waals surface area (Å²) in [6, 6.07) is 15.9. The second kappa shape index (κ2) is 8.85. The first-order chi connectivity index (χ1) is 12.7. The molecule has 0 saturated heterocycles. The maximum atomic E-state index is 12.1. The zero-order valence-electron chi connectivity index (χ0n) is 14.9. The van der Waals surface area contributed by atoms with E-state index in [9.17, 15) is 4.79 Å². The molecule has 0 saturated carbocycles. The number of aryl methyl sites for hydroxylation is 1. The van der Waals surface area contributed by atoms with Crippen LogP contribution in [0.1, 0.15) is 24.0 Å². The van der Waals surface area contributed by atoms with E-state index in [0.717, 1.165) is 17.0 Å². The smallest absolute Gasteiger partial charge is 0.220 e. The van der Waals surface area contributed by atoms with Crippen LogP contribution in [-0.4, -0.2) is 22.1 Å². The maximum Gasteiger partial charge on any atom is 0.220 e. The zero-order valence-corrected chi connectivity index (χ0v) is 14.9. The molecule has 0 bridgehead atoms. The van der Waals surface area contributed by atoms with Crippen molar-refractivity contribution in [1.29, 1.82) is 0 Å². The van der Waals surface area contributed by atoms with Crippen molar-refractivity contribution < 1.29 is 9.53 Å². The summed E-state index contributed by atoms with van der Waals surface area (Å²) in [6.07, 6.45) is 6.51. The molecule has 0 fully saturated rings. The van der Waals surface area contributed by atoms with Crippen molar-refractivity contribution in [3.63, 3.8) is 0 Å². The number of imidazole rings is 1. The number of carbonyl (C=O) groups excluding carboxylic acids is 1. The van der Waals surface area contributed by atoms with Gasteiger partial charge in [-0.15, -0.1) is 0 Å². The molecule has 26 heavy (non-hydrogen) atoms. The number of ether oxygens (including phenoxy) is 1. The highest BCUT2D eigenvalue weighted by atomic mass is 16.5. The molecule has 2 aromatic carbocycles. The number of nitrogens with one attached hydrogen (secondary N) is 1. The highest BCUT2D eigenvalue weighted by molar-refractivity contribution is 5.75. The number of rotatable bonds is 8. The number of hydrogen-bond donors (Lipinski definition) is 1. The molecule has 1 heterocycles. The Morgan fingerprint density at radius 3 is 2.73 bits per heavy atom. The van der Waals surface area contributed by atoms with Gasteiger partial charge in [-0.25, -0.2) is 4.98 Å². The first kappa shape index (κ1) is 17.7. The maximum absolute atomic E-state index is 12.1. The number of amides is 1. The van der Waals surface area contributed by atoms with Crippen LogP contribution < -0.4 is 10.1 Å². The summed E-state index contributed by atoms with van der Waals surface area (Å²) in [5.41, 5.74) is 3.27. The fourth-order valence-corrected chi connectivity index (χ4v) is 2.65. The van der Waals surface area contributed by atoms with Crippen molar-refractivity contribution in [2.24, 2.45) is 0 Å². The van der Waals surface area contributed by atoms with Crippen LogP contribution in [0.5, 0.6) is 5.75 Å². The van der Waals surface area contributed by atoms with Crippen molar-refractivity contribution in [3.05, 3.63) is 78.4 Å². The largest absolute Gasteiger partial charge is 0.494 e. The molecule has 3 rings (SSSR count). The molecule has 5 nitrogen and oxygen atoms in total. The summed E-state index contributed by atoms with van der Waals surface area (Å²) < 4.78 is 7.59. The van der Waals surface area contributed by atoms with Crippen LogP contribution in [-0.2, 0) is 11.3 Å². The summed E-state index contributed by atoms with van der Waals surface area (Å²) in [7, 11) is 0. The highest BCUT2D eigenvalue weighted by Gasteiger charge is 2.06. The van der Waals surface area contributed by atoms with Crippen LogP contribution in [0.3, 0.4) is 0 Å². The highest BCUT2D eigenvalue weighted by Crippen LogP contribution is 2.14. The van der Waals surface area contributed by atoms with Crippen molar-refractivity contribution in [1.82, 2.24) is 14.9 Å². The zero-order chi connectivity index (χ0) is 18.2. The topological polar surface area (TPSA) is 56.1 Å². The Bertz CT molecular complexity index is 827. The molecule has 5 heteroatoms. The summed E-state index contributed by atoms with van der Waals surface area (Å²) in [5, 5.41) is 2.98. The van der Waals surface area contributed by atoms with Crippen molar-refractivity contribution in [3.8, 4) is 11.4 Å². The van der Waals surface area contributed by atoms with Gasteiger partial charge in [-0.05, 0) is 37.1 Å². The second-order valence-electron chi connectivity index (χ2n) is 6.14. The minimum atomic E-state index is 0.0259. The van der Waals surface area contributed by atoms with E-state index in [1.807, 2.05) is 66.2 Å². The molecule has 134 valence electrons. The fourth-order valence-electron chi connectivity index (χ4n) is 2.65. The molecule has 0 aliphatic carbocycles. The number of hydrogen-bond acceptors (Lipinski definition) is 3. The van der Waals surface area contributed by atoms with Gasteiger partial charge in [0.1, 0.15) is 5.75 Å². The standard InChI is InChI=1S/C21H23N3O2/c1-17-8-10-19(11-9-17)26-14-4-7-21(25)23-15-18-5-2-3-6-20(18)24-13-12-22-16-24/h2-3,5-6,8-13,16H,4,7,14-15H2,1H3,(H,23,25). The van der Waals surface area contributed by atoms with Gasteiger partial charge in [-0.3, -0.25) is 4.79 Å². The van der Waals surface area contributed by atoms with Gasteiger partial charge in [0.25, 0.3) is 0 Å². The predicted molar refractivity (Wildman–Crippen MR) is 101 cm³/mol. The predicted octanol–water partition coefficient (Wildman–Crippen LogP) is 3.66. The lowest BCUT2D eigenvalue weighted by Crippen LogP contribution is -2.23. The van der Waals surface area contributed by atoms with Gasteiger partial charge in [0.05, 0.1) is 18.6 Å². The SMILES string of the molecule is Cc1ccc(OCCCC(=O)NCc2ccccc2-n2ccnc2)cc1. The number of benzene rings is 2. The van der Waals surface area contributed by atoms with E-state index < -0.39 is 0 Å². The van der Waals surface area contributed by atoms with E-state index in [1.54, 1.807) is 12.5 Å². The summed E-state index contributed by atoms with van der Waals surface area (Å²) in [4.78, 5) is 16.2. The van der Waals surface area contributed by atoms with E-state index in [0.29, 0.717) is 26.0 Å². The molecule has 0 unspecified atom stereocenters. The second-order valence-corrected chi connectivity index (χ2v) is 6.14. The van der Waals surface area contributed by atoms with Gasteiger partial charge < -0.3 is 14.6 Å². The minimum Gasteiger partial charge on any atom is -0.494 e. The van der Waals surface area contributed by atoms with E-state index in [2.05, 4.69) is 10.3 Å². The van der Waals surface area contributed by atoms with E-state index in [1.165, 1.54) is 5.56 Å². The van der Waals surface area contributed by atoms with Gasteiger partial charge in [-0.1, -0.05) is 35.9 Å². The monoisotopic (exact) mass is 349 g/mol. The first-order valence-electron chi connectivity index (χ1n) is 8.75. The van der Waals surface area contributed by atoms with Crippen LogP contribution in [0.4, 0.5) is 0 Å². The number of aromatic nitrogens is 2.